The summed E-state index contributed by atoms with van der Waals surface area (Å²) in [5, 5.41) is 6.75. The first kappa shape index (κ1) is 4.05. The van der Waals surface area contributed by atoms with Gasteiger partial charge in [0.25, 0.3) is 0 Å². The van der Waals surface area contributed by atoms with Crippen molar-refractivity contribution in [2.75, 3.05) is 0 Å². The summed E-state index contributed by atoms with van der Waals surface area (Å²) < 4.78 is 0. The van der Waals surface area contributed by atoms with Crippen molar-refractivity contribution >= 4 is 11.5 Å². The highest BCUT2D eigenvalue weighted by molar-refractivity contribution is 6.45. The van der Waals surface area contributed by atoms with Crippen molar-refractivity contribution in [3.8, 4) is 0 Å². The van der Waals surface area contributed by atoms with Crippen LogP contribution >= 0.6 is 0 Å². The lowest BCUT2D eigenvalue weighted by Gasteiger charge is -1.99. The Hall–Kier alpha value is -1.12. The molecule has 0 bridgehead atoms. The van der Waals surface area contributed by atoms with Crippen LogP contribution in [0.4, 0.5) is 0 Å². The van der Waals surface area contributed by atoms with Crippen LogP contribution < -0.4 is 5.73 Å². The van der Waals surface area contributed by atoms with Crippen LogP contribution in [0.3, 0.4) is 0 Å². The zero-order valence-electron chi connectivity index (χ0n) is 3.68. The molecule has 0 amide bonds. The summed E-state index contributed by atoms with van der Waals surface area (Å²) >= 11 is 0. The van der Waals surface area contributed by atoms with E-state index >= 15 is 0 Å². The molecule has 0 spiro atoms. The molecular formula is C4H5N3. The normalized spacial score (nSPS) is 15.1. The lowest BCUT2D eigenvalue weighted by molar-refractivity contribution is 1.44. The number of nitrogens with zero attached hydrogens (tertiary/aromatic N) is 1. The summed E-state index contributed by atoms with van der Waals surface area (Å²) in [6.45, 7) is 0. The van der Waals surface area contributed by atoms with Crippen molar-refractivity contribution in [1.29, 1.82) is 5.41 Å². The molecule has 0 saturated carbocycles. The zero-order chi connectivity index (χ0) is 5.28. The van der Waals surface area contributed by atoms with Gasteiger partial charge in [-0.05, 0) is 6.08 Å². The number of nitrogens with two attached hydrogens (primary N) is 1. The molecule has 0 fully saturated rings. The van der Waals surface area contributed by atoms with Gasteiger partial charge in [-0.25, -0.2) is 0 Å². The maximum absolute atomic E-state index is 6.75. The van der Waals surface area contributed by atoms with E-state index in [1.54, 1.807) is 12.3 Å². The molecular weight excluding hydrogens is 90.1 g/mol. The van der Waals surface area contributed by atoms with Gasteiger partial charge in [0.15, 0.2) is 0 Å². The molecule has 1 aliphatic rings. The Morgan fingerprint density at radius 1 is 1.86 bits per heavy atom. The van der Waals surface area contributed by atoms with E-state index < -0.39 is 0 Å². The zero-order valence-corrected chi connectivity index (χ0v) is 3.68. The van der Waals surface area contributed by atoms with E-state index in [0.717, 1.165) is 0 Å². The van der Waals surface area contributed by atoms with Crippen LogP contribution in [0, 0.1) is 5.41 Å². The minimum Gasteiger partial charge on any atom is -0.382 e. The van der Waals surface area contributed by atoms with Gasteiger partial charge in [0, 0.05) is 6.20 Å². The fraction of sp³-hybridized carbons (Fsp3) is 0. The van der Waals surface area contributed by atoms with Gasteiger partial charge in [-0.2, -0.15) is 0 Å². The maximum atomic E-state index is 6.75. The van der Waals surface area contributed by atoms with Crippen LogP contribution in [0.2, 0.25) is 0 Å². The Kier molecular flexibility index (Phi) is 0.685. The van der Waals surface area contributed by atoms with Crippen molar-refractivity contribution in [3.63, 3.8) is 0 Å². The third-order valence-electron chi connectivity index (χ3n) is 0.722. The van der Waals surface area contributed by atoms with Crippen LogP contribution in [0.25, 0.3) is 0 Å². The van der Waals surface area contributed by atoms with E-state index in [0.29, 0.717) is 5.71 Å². The molecule has 0 saturated heterocycles. The first-order valence-corrected chi connectivity index (χ1v) is 1.89. The molecule has 0 aromatic heterocycles. The first-order chi connectivity index (χ1) is 3.30. The summed E-state index contributed by atoms with van der Waals surface area (Å²) in [4.78, 5) is 3.66. The lowest BCUT2D eigenvalue weighted by atomic mass is 10.3. The third kappa shape index (κ3) is 0.513. The quantitative estimate of drug-likeness (QED) is 0.346. The van der Waals surface area contributed by atoms with E-state index in [1.807, 2.05) is 0 Å². The molecule has 0 radical (unpaired) electrons. The summed E-state index contributed by atoms with van der Waals surface area (Å²) in [6.07, 6.45) is 3.30. The van der Waals surface area contributed by atoms with Gasteiger partial charge in [0.05, 0.1) is 0 Å². The molecule has 3 N–H and O–H groups in total. The summed E-state index contributed by atoms with van der Waals surface area (Å²) in [7, 11) is 0. The maximum Gasteiger partial charge on any atom is 0.141 e. The Balaban J connectivity index is 2.60. The van der Waals surface area contributed by atoms with Gasteiger partial charge in [-0.15, -0.1) is 0 Å². The monoisotopic (exact) mass is 95.0 g/mol. The molecule has 0 aromatic carbocycles. The predicted octanol–water partition coefficient (Wildman–Crippen LogP) is -0.109. The average Bonchev–Trinajstić information content (AvgIpc) is 1.23. The highest BCUT2D eigenvalue weighted by Crippen LogP contribution is 1.92. The van der Waals surface area contributed by atoms with Crippen molar-refractivity contribution in [2.24, 2.45) is 10.7 Å². The van der Waals surface area contributed by atoms with Crippen LogP contribution in [-0.2, 0) is 0 Å². The summed E-state index contributed by atoms with van der Waals surface area (Å²) in [5.74, 6) is 0.0440. The SMILES string of the molecule is N=C(N)C1=NC=C1. The van der Waals surface area contributed by atoms with Gasteiger partial charge in [0.1, 0.15) is 11.5 Å². The van der Waals surface area contributed by atoms with Gasteiger partial charge < -0.3 is 5.73 Å². The molecule has 1 aliphatic heterocycles. The first-order valence-electron chi connectivity index (χ1n) is 1.89. The van der Waals surface area contributed by atoms with Crippen LogP contribution in [0.1, 0.15) is 0 Å². The highest BCUT2D eigenvalue weighted by Gasteiger charge is 2.00. The van der Waals surface area contributed by atoms with Crippen molar-refractivity contribution in [2.45, 2.75) is 0 Å². The molecule has 3 heteroatoms. The second kappa shape index (κ2) is 1.18. The molecule has 3 nitrogen and oxygen atoms in total. The molecule has 0 unspecified atom stereocenters. The van der Waals surface area contributed by atoms with Gasteiger partial charge >= 0.3 is 0 Å². The number of rotatable bonds is 1. The van der Waals surface area contributed by atoms with Crippen molar-refractivity contribution in [1.82, 2.24) is 0 Å². The van der Waals surface area contributed by atoms with Gasteiger partial charge in [-0.1, -0.05) is 0 Å². The Morgan fingerprint density at radius 2 is 2.43 bits per heavy atom. The van der Waals surface area contributed by atoms with E-state index in [1.165, 1.54) is 0 Å². The molecule has 1 rings (SSSR count). The molecule has 0 aliphatic carbocycles. The third-order valence-corrected chi connectivity index (χ3v) is 0.722. The smallest absolute Gasteiger partial charge is 0.141 e. The summed E-state index contributed by atoms with van der Waals surface area (Å²) in [6, 6.07) is 0. The number of hydrogen-bond acceptors (Lipinski definition) is 2. The van der Waals surface area contributed by atoms with E-state index in [4.69, 9.17) is 11.1 Å². The van der Waals surface area contributed by atoms with Gasteiger partial charge in [-0.3, -0.25) is 10.4 Å². The largest absolute Gasteiger partial charge is 0.382 e. The van der Waals surface area contributed by atoms with E-state index in [9.17, 15) is 0 Å². The molecule has 7 heavy (non-hydrogen) atoms. The molecule has 1 heterocycles. The Labute approximate surface area is 41.1 Å². The van der Waals surface area contributed by atoms with Crippen molar-refractivity contribution < 1.29 is 0 Å². The second-order valence-corrected chi connectivity index (χ2v) is 1.24. The standard InChI is InChI=1S/C4H5N3/c5-4(6)3-1-2-7-3/h1-2H,(H3,5,6). The minimum absolute atomic E-state index is 0.0440. The van der Waals surface area contributed by atoms with Crippen LogP contribution in [0.15, 0.2) is 17.3 Å². The van der Waals surface area contributed by atoms with Crippen molar-refractivity contribution in [3.05, 3.63) is 12.3 Å². The average molecular weight is 95.1 g/mol. The lowest BCUT2D eigenvalue weighted by Crippen LogP contribution is -2.22. The van der Waals surface area contributed by atoms with E-state index in [-0.39, 0.29) is 5.84 Å². The fourth-order valence-corrected chi connectivity index (χ4v) is 0.308. The van der Waals surface area contributed by atoms with Crippen LogP contribution in [0.5, 0.6) is 0 Å². The number of amidine groups is 1. The minimum atomic E-state index is 0.0440. The van der Waals surface area contributed by atoms with Crippen LogP contribution in [-0.4, -0.2) is 11.5 Å². The predicted molar refractivity (Wildman–Crippen MR) is 28.5 cm³/mol. The summed E-state index contributed by atoms with van der Waals surface area (Å²) in [5.41, 5.74) is 5.58. The molecule has 0 aromatic rings. The Bertz CT molecular complexity index is 154. The van der Waals surface area contributed by atoms with Gasteiger partial charge in [0.2, 0.25) is 0 Å². The number of nitrogens with one attached hydrogen (secondary N) is 1. The highest BCUT2D eigenvalue weighted by atomic mass is 14.8. The molecule has 0 atom stereocenters. The Morgan fingerprint density at radius 3 is 2.43 bits per heavy atom. The second-order valence-electron chi connectivity index (χ2n) is 1.24. The fourth-order valence-electron chi connectivity index (χ4n) is 0.308. The molecule has 36 valence electrons. The number of hydrogen-bond donors (Lipinski definition) is 2. The topological polar surface area (TPSA) is 62.2 Å². The van der Waals surface area contributed by atoms with E-state index in [2.05, 4.69) is 4.99 Å². The number of aliphatic imine (C=N–C) groups is 1.